The van der Waals surface area contributed by atoms with Crippen molar-refractivity contribution in [2.24, 2.45) is 5.10 Å². The Morgan fingerprint density at radius 3 is 2.67 bits per heavy atom. The lowest BCUT2D eigenvalue weighted by atomic mass is 10.1. The Balaban J connectivity index is 2.39. The number of hydrogen-bond acceptors (Lipinski definition) is 3. The van der Waals surface area contributed by atoms with Gasteiger partial charge in [-0.3, -0.25) is 4.79 Å². The molecule has 0 spiro atoms. The standard InChI is InChI=1S/C10H6ClF3N2O2/c11-7-2-1-5(3-6(7)10(12,13)14)9-16-15-8(17)4-18-9/h1-3H,4H2,(H,15,17). The third-order valence-corrected chi connectivity index (χ3v) is 2.47. The zero-order valence-electron chi connectivity index (χ0n) is 8.71. The zero-order valence-corrected chi connectivity index (χ0v) is 9.47. The molecule has 0 saturated heterocycles. The molecule has 2 rings (SSSR count). The maximum Gasteiger partial charge on any atom is 0.417 e. The second-order valence-corrected chi connectivity index (χ2v) is 3.84. The third-order valence-electron chi connectivity index (χ3n) is 2.14. The highest BCUT2D eigenvalue weighted by Crippen LogP contribution is 2.35. The molecular weight excluding hydrogens is 273 g/mol. The SMILES string of the molecule is O=C1COC(c2ccc(Cl)c(C(F)(F)F)c2)=NN1. The van der Waals surface area contributed by atoms with Crippen LogP contribution in [-0.2, 0) is 15.7 Å². The highest BCUT2D eigenvalue weighted by Gasteiger charge is 2.34. The highest BCUT2D eigenvalue weighted by atomic mass is 35.5. The molecule has 0 atom stereocenters. The van der Waals surface area contributed by atoms with Gasteiger partial charge in [0.25, 0.3) is 5.91 Å². The molecule has 1 N–H and O–H groups in total. The molecule has 0 unspecified atom stereocenters. The van der Waals surface area contributed by atoms with Crippen molar-refractivity contribution in [2.75, 3.05) is 6.61 Å². The van der Waals surface area contributed by atoms with Gasteiger partial charge < -0.3 is 4.74 Å². The number of benzene rings is 1. The average Bonchev–Trinajstić information content (AvgIpc) is 2.29. The van der Waals surface area contributed by atoms with Crippen molar-refractivity contribution < 1.29 is 22.7 Å². The Kier molecular flexibility index (Phi) is 3.16. The van der Waals surface area contributed by atoms with Gasteiger partial charge in [-0.25, -0.2) is 5.43 Å². The topological polar surface area (TPSA) is 50.7 Å². The van der Waals surface area contributed by atoms with Gasteiger partial charge in [0, 0.05) is 5.56 Å². The first kappa shape index (κ1) is 12.7. The van der Waals surface area contributed by atoms with Crippen molar-refractivity contribution in [2.45, 2.75) is 6.18 Å². The summed E-state index contributed by atoms with van der Waals surface area (Å²) >= 11 is 5.47. The van der Waals surface area contributed by atoms with Gasteiger partial charge in [0.1, 0.15) is 0 Å². The van der Waals surface area contributed by atoms with Gasteiger partial charge in [-0.05, 0) is 18.2 Å². The Bertz CT molecular complexity index is 528. The van der Waals surface area contributed by atoms with Gasteiger partial charge in [0.05, 0.1) is 10.6 Å². The molecule has 0 fully saturated rings. The van der Waals surface area contributed by atoms with Gasteiger partial charge in [0.2, 0.25) is 5.90 Å². The highest BCUT2D eigenvalue weighted by molar-refractivity contribution is 6.31. The molecule has 1 aromatic rings. The minimum absolute atomic E-state index is 0.0863. The summed E-state index contributed by atoms with van der Waals surface area (Å²) in [4.78, 5) is 10.8. The maximum atomic E-state index is 12.6. The van der Waals surface area contributed by atoms with Gasteiger partial charge in [-0.2, -0.15) is 13.2 Å². The molecule has 4 nitrogen and oxygen atoms in total. The quantitative estimate of drug-likeness (QED) is 0.856. The number of nitrogens with one attached hydrogen (secondary N) is 1. The molecule has 96 valence electrons. The summed E-state index contributed by atoms with van der Waals surface area (Å²) in [7, 11) is 0. The van der Waals surface area contributed by atoms with Gasteiger partial charge >= 0.3 is 6.18 Å². The van der Waals surface area contributed by atoms with Crippen molar-refractivity contribution in [1.82, 2.24) is 5.43 Å². The van der Waals surface area contributed by atoms with E-state index in [-0.39, 0.29) is 18.1 Å². The van der Waals surface area contributed by atoms with Crippen molar-refractivity contribution in [3.63, 3.8) is 0 Å². The van der Waals surface area contributed by atoms with Gasteiger partial charge in [-0.1, -0.05) is 11.6 Å². The molecule has 18 heavy (non-hydrogen) atoms. The van der Waals surface area contributed by atoms with E-state index in [1.807, 2.05) is 0 Å². The number of ether oxygens (including phenoxy) is 1. The Morgan fingerprint density at radius 2 is 2.11 bits per heavy atom. The molecule has 8 heteroatoms. The smallest absolute Gasteiger partial charge is 0.417 e. The lowest BCUT2D eigenvalue weighted by Crippen LogP contribution is -2.32. The van der Waals surface area contributed by atoms with E-state index in [0.717, 1.165) is 12.1 Å². The van der Waals surface area contributed by atoms with E-state index in [4.69, 9.17) is 16.3 Å². The zero-order chi connectivity index (χ0) is 13.3. The molecule has 1 aliphatic heterocycles. The van der Waals surface area contributed by atoms with Crippen LogP contribution >= 0.6 is 11.6 Å². The van der Waals surface area contributed by atoms with E-state index < -0.39 is 22.7 Å². The first-order valence-electron chi connectivity index (χ1n) is 4.74. The molecule has 0 aliphatic carbocycles. The van der Waals surface area contributed by atoms with Crippen LogP contribution in [0.25, 0.3) is 0 Å². The number of hydrogen-bond donors (Lipinski definition) is 1. The monoisotopic (exact) mass is 278 g/mol. The summed E-state index contributed by atoms with van der Waals surface area (Å²) in [6.45, 7) is -0.289. The fourth-order valence-corrected chi connectivity index (χ4v) is 1.56. The normalized spacial score (nSPS) is 15.8. The Hall–Kier alpha value is -1.76. The fourth-order valence-electron chi connectivity index (χ4n) is 1.34. The first-order valence-corrected chi connectivity index (χ1v) is 5.12. The van der Waals surface area contributed by atoms with E-state index in [0.29, 0.717) is 0 Å². The van der Waals surface area contributed by atoms with E-state index in [1.54, 1.807) is 0 Å². The van der Waals surface area contributed by atoms with Crippen LogP contribution in [0.1, 0.15) is 11.1 Å². The maximum absolute atomic E-state index is 12.6. The van der Waals surface area contributed by atoms with E-state index in [1.165, 1.54) is 6.07 Å². The van der Waals surface area contributed by atoms with Gasteiger partial charge in [-0.15, -0.1) is 5.10 Å². The first-order chi connectivity index (χ1) is 8.38. The second-order valence-electron chi connectivity index (χ2n) is 3.43. The van der Waals surface area contributed by atoms with Crippen LogP contribution in [-0.4, -0.2) is 18.4 Å². The second kappa shape index (κ2) is 4.49. The average molecular weight is 279 g/mol. The molecule has 0 radical (unpaired) electrons. The predicted octanol–water partition coefficient (Wildman–Crippen LogP) is 2.17. The van der Waals surface area contributed by atoms with Crippen LogP contribution in [0, 0.1) is 0 Å². The predicted molar refractivity (Wildman–Crippen MR) is 57.1 cm³/mol. The van der Waals surface area contributed by atoms with E-state index in [9.17, 15) is 18.0 Å². The number of rotatable bonds is 1. The number of amides is 1. The van der Waals surface area contributed by atoms with E-state index >= 15 is 0 Å². The largest absolute Gasteiger partial charge is 0.466 e. The third kappa shape index (κ3) is 2.56. The Labute approximate surface area is 104 Å². The number of carbonyl (C=O) groups excluding carboxylic acids is 1. The Morgan fingerprint density at radius 1 is 1.39 bits per heavy atom. The summed E-state index contributed by atoms with van der Waals surface area (Å²) in [5, 5.41) is 3.11. The molecule has 1 aliphatic rings. The molecule has 0 saturated carbocycles. The lowest BCUT2D eigenvalue weighted by Gasteiger charge is -2.15. The van der Waals surface area contributed by atoms with E-state index in [2.05, 4.69) is 10.5 Å². The molecular formula is C10H6ClF3N2O2. The minimum atomic E-state index is -4.56. The number of halogens is 4. The number of nitrogens with zero attached hydrogens (tertiary/aromatic N) is 1. The summed E-state index contributed by atoms with van der Waals surface area (Å²) in [5.41, 5.74) is 1.22. The summed E-state index contributed by atoms with van der Waals surface area (Å²) < 4.78 is 42.8. The number of hydrazone groups is 1. The lowest BCUT2D eigenvalue weighted by molar-refractivity contribution is -0.137. The molecule has 0 aromatic heterocycles. The minimum Gasteiger partial charge on any atom is -0.466 e. The van der Waals surface area contributed by atoms with Crippen molar-refractivity contribution in [3.8, 4) is 0 Å². The van der Waals surface area contributed by atoms with Crippen LogP contribution in [0.2, 0.25) is 5.02 Å². The molecule has 1 heterocycles. The van der Waals surface area contributed by atoms with Crippen LogP contribution < -0.4 is 5.43 Å². The summed E-state index contributed by atoms with van der Waals surface area (Å²) in [6, 6.07) is 3.24. The number of carbonyl (C=O) groups is 1. The van der Waals surface area contributed by atoms with Gasteiger partial charge in [0.15, 0.2) is 6.61 Å². The van der Waals surface area contributed by atoms with Crippen LogP contribution in [0.3, 0.4) is 0 Å². The van der Waals surface area contributed by atoms with Crippen molar-refractivity contribution >= 4 is 23.4 Å². The van der Waals surface area contributed by atoms with Crippen LogP contribution in [0.4, 0.5) is 13.2 Å². The summed E-state index contributed by atoms with van der Waals surface area (Å²) in [6.07, 6.45) is -4.56. The fraction of sp³-hybridized carbons (Fsp3) is 0.200. The summed E-state index contributed by atoms with van der Waals surface area (Å²) in [5.74, 6) is -0.555. The van der Waals surface area contributed by atoms with Crippen LogP contribution in [0.15, 0.2) is 23.3 Å². The number of alkyl halides is 3. The molecule has 0 bridgehead atoms. The van der Waals surface area contributed by atoms with Crippen LogP contribution in [0.5, 0.6) is 0 Å². The molecule has 1 aromatic carbocycles. The van der Waals surface area contributed by atoms with Crippen molar-refractivity contribution in [3.05, 3.63) is 34.3 Å². The molecule has 1 amide bonds. The van der Waals surface area contributed by atoms with Crippen molar-refractivity contribution in [1.29, 1.82) is 0 Å².